The zero-order valence-corrected chi connectivity index (χ0v) is 22.2. The SMILES string of the molecule is Cc1cc(C)nc(OC(C(=O)O)C2(c3ccccc3)NCC(=O)N(Cc3cccc(Cl)c3)c3ccccc32)n1. The number of hydrogen-bond acceptors (Lipinski definition) is 6. The van der Waals surface area contributed by atoms with E-state index < -0.39 is 17.6 Å². The van der Waals surface area contributed by atoms with Gasteiger partial charge in [-0.3, -0.25) is 10.1 Å². The summed E-state index contributed by atoms with van der Waals surface area (Å²) in [5, 5.41) is 14.5. The number of para-hydroxylation sites is 1. The molecule has 2 heterocycles. The fourth-order valence-corrected chi connectivity index (χ4v) is 5.31. The van der Waals surface area contributed by atoms with Crippen LogP contribution in [-0.4, -0.2) is 39.6 Å². The van der Waals surface area contributed by atoms with E-state index in [1.54, 1.807) is 36.9 Å². The smallest absolute Gasteiger partial charge is 0.347 e. The third kappa shape index (κ3) is 5.21. The third-order valence-electron chi connectivity index (χ3n) is 6.70. The van der Waals surface area contributed by atoms with Gasteiger partial charge in [-0.25, -0.2) is 14.8 Å². The summed E-state index contributed by atoms with van der Waals surface area (Å²) in [5.41, 5.74) is 2.41. The first-order valence-corrected chi connectivity index (χ1v) is 12.8. The number of ether oxygens (including phenoxy) is 1. The molecule has 0 bridgehead atoms. The Morgan fingerprint density at radius 3 is 2.41 bits per heavy atom. The van der Waals surface area contributed by atoms with E-state index in [4.69, 9.17) is 16.3 Å². The number of carboxylic acid groups (broad SMARTS) is 1. The number of hydrogen-bond donors (Lipinski definition) is 2. The number of nitrogens with zero attached hydrogens (tertiary/aromatic N) is 3. The molecular formula is C30H27ClN4O4. The lowest BCUT2D eigenvalue weighted by atomic mass is 9.77. The highest BCUT2D eigenvalue weighted by Crippen LogP contribution is 2.42. The third-order valence-corrected chi connectivity index (χ3v) is 6.94. The monoisotopic (exact) mass is 542 g/mol. The fraction of sp³-hybridized carbons (Fsp3) is 0.200. The van der Waals surface area contributed by atoms with E-state index in [0.29, 0.717) is 33.2 Å². The van der Waals surface area contributed by atoms with Crippen LogP contribution < -0.4 is 15.0 Å². The van der Waals surface area contributed by atoms with Crippen LogP contribution in [0.4, 0.5) is 5.69 Å². The maximum Gasteiger partial charge on any atom is 0.347 e. The number of aromatic nitrogens is 2. The van der Waals surface area contributed by atoms with Crippen LogP contribution in [-0.2, 0) is 21.7 Å². The second-order valence-electron chi connectivity index (χ2n) is 9.42. The van der Waals surface area contributed by atoms with Gasteiger partial charge in [-0.1, -0.05) is 72.3 Å². The number of aryl methyl sites for hydroxylation is 2. The van der Waals surface area contributed by atoms with E-state index in [0.717, 1.165) is 5.56 Å². The predicted octanol–water partition coefficient (Wildman–Crippen LogP) is 4.66. The molecule has 1 amide bonds. The molecule has 1 aliphatic rings. The van der Waals surface area contributed by atoms with Gasteiger partial charge in [0, 0.05) is 27.7 Å². The Morgan fingerprint density at radius 2 is 1.72 bits per heavy atom. The molecule has 9 heteroatoms. The van der Waals surface area contributed by atoms with Crippen LogP contribution >= 0.6 is 11.6 Å². The first-order valence-electron chi connectivity index (χ1n) is 12.4. The van der Waals surface area contributed by atoms with Crippen molar-refractivity contribution < 1.29 is 19.4 Å². The van der Waals surface area contributed by atoms with Crippen molar-refractivity contribution in [1.29, 1.82) is 0 Å². The van der Waals surface area contributed by atoms with E-state index in [2.05, 4.69) is 15.3 Å². The normalized spacial score (nSPS) is 17.7. The molecule has 8 nitrogen and oxygen atoms in total. The number of benzene rings is 3. The van der Waals surface area contributed by atoms with E-state index in [1.807, 2.05) is 66.7 Å². The van der Waals surface area contributed by atoms with E-state index in [-0.39, 0.29) is 25.0 Å². The maximum atomic E-state index is 13.6. The van der Waals surface area contributed by atoms with Crippen molar-refractivity contribution in [3.63, 3.8) is 0 Å². The minimum atomic E-state index is -1.53. The number of anilines is 1. The fourth-order valence-electron chi connectivity index (χ4n) is 5.09. The Labute approximate surface area is 231 Å². The zero-order chi connectivity index (χ0) is 27.6. The number of carbonyl (C=O) groups is 2. The van der Waals surface area contributed by atoms with Crippen LogP contribution in [0.2, 0.25) is 5.02 Å². The average molecular weight is 543 g/mol. The van der Waals surface area contributed by atoms with E-state index in [9.17, 15) is 14.7 Å². The molecule has 0 radical (unpaired) electrons. The van der Waals surface area contributed by atoms with Gasteiger partial charge in [0.25, 0.3) is 0 Å². The van der Waals surface area contributed by atoms with Crippen LogP contribution in [0.5, 0.6) is 6.01 Å². The first kappa shape index (κ1) is 26.3. The molecular weight excluding hydrogens is 516 g/mol. The van der Waals surface area contributed by atoms with Crippen molar-refractivity contribution in [2.24, 2.45) is 0 Å². The Hall–Kier alpha value is -4.27. The summed E-state index contributed by atoms with van der Waals surface area (Å²) < 4.78 is 6.12. The molecule has 198 valence electrons. The van der Waals surface area contributed by atoms with Gasteiger partial charge >= 0.3 is 12.0 Å². The number of aliphatic carboxylic acids is 1. The largest absolute Gasteiger partial charge is 0.478 e. The number of nitrogens with one attached hydrogen (secondary N) is 1. The molecule has 1 aromatic heterocycles. The molecule has 0 saturated heterocycles. The molecule has 5 rings (SSSR count). The topological polar surface area (TPSA) is 105 Å². The Morgan fingerprint density at radius 1 is 1.03 bits per heavy atom. The first-order chi connectivity index (χ1) is 18.8. The van der Waals surface area contributed by atoms with Crippen LogP contribution in [0.3, 0.4) is 0 Å². The van der Waals surface area contributed by atoms with Gasteiger partial charge in [-0.15, -0.1) is 0 Å². The molecule has 2 unspecified atom stereocenters. The Kier molecular flexibility index (Phi) is 7.32. The predicted molar refractivity (Wildman–Crippen MR) is 148 cm³/mol. The van der Waals surface area contributed by atoms with Gasteiger partial charge in [-0.2, -0.15) is 0 Å². The van der Waals surface area contributed by atoms with Crippen LogP contribution in [0.25, 0.3) is 0 Å². The zero-order valence-electron chi connectivity index (χ0n) is 21.5. The van der Waals surface area contributed by atoms with Gasteiger partial charge in [-0.05, 0) is 49.2 Å². The molecule has 2 N–H and O–H groups in total. The summed E-state index contributed by atoms with van der Waals surface area (Å²) in [6, 6.07) is 25.4. The van der Waals surface area contributed by atoms with Gasteiger partial charge in [0.05, 0.1) is 13.1 Å². The summed E-state index contributed by atoms with van der Waals surface area (Å²) in [6.45, 7) is 3.68. The summed E-state index contributed by atoms with van der Waals surface area (Å²) >= 11 is 6.22. The Balaban J connectivity index is 1.72. The minimum absolute atomic E-state index is 0.0548. The lowest BCUT2D eigenvalue weighted by Crippen LogP contribution is -2.58. The highest BCUT2D eigenvalue weighted by molar-refractivity contribution is 6.30. The molecule has 0 fully saturated rings. The van der Waals surface area contributed by atoms with Crippen molar-refractivity contribution in [2.75, 3.05) is 11.4 Å². The second-order valence-corrected chi connectivity index (χ2v) is 9.86. The van der Waals surface area contributed by atoms with Gasteiger partial charge in [0.2, 0.25) is 12.0 Å². The van der Waals surface area contributed by atoms with Crippen LogP contribution in [0.15, 0.2) is 84.9 Å². The highest BCUT2D eigenvalue weighted by atomic mass is 35.5. The number of rotatable bonds is 7. The lowest BCUT2D eigenvalue weighted by molar-refractivity contribution is -0.149. The Bertz CT molecular complexity index is 1510. The second kappa shape index (κ2) is 10.8. The molecule has 0 spiro atoms. The minimum Gasteiger partial charge on any atom is -0.478 e. The summed E-state index contributed by atoms with van der Waals surface area (Å²) in [7, 11) is 0. The average Bonchev–Trinajstić information content (AvgIpc) is 3.03. The quantitative estimate of drug-likeness (QED) is 0.350. The standard InChI is InChI=1S/C30H27ClN4O4/c1-19-15-20(2)34-29(33-19)39-27(28(37)38)30(22-10-4-3-5-11-22)24-13-6-7-14-25(24)35(26(36)17-32-30)18-21-9-8-12-23(31)16-21/h3-16,27,32H,17-18H2,1-2H3,(H,37,38). The molecule has 0 aliphatic carbocycles. The van der Waals surface area contributed by atoms with Crippen molar-refractivity contribution in [1.82, 2.24) is 15.3 Å². The summed E-state index contributed by atoms with van der Waals surface area (Å²) in [5.74, 6) is -1.47. The lowest BCUT2D eigenvalue weighted by Gasteiger charge is -2.39. The number of carbonyl (C=O) groups excluding carboxylic acids is 1. The van der Waals surface area contributed by atoms with Crippen LogP contribution in [0, 0.1) is 13.8 Å². The van der Waals surface area contributed by atoms with Crippen molar-refractivity contribution >= 4 is 29.2 Å². The molecule has 2 atom stereocenters. The summed E-state index contributed by atoms with van der Waals surface area (Å²) in [6.07, 6.45) is -1.53. The number of fused-ring (bicyclic) bond motifs is 1. The summed E-state index contributed by atoms with van der Waals surface area (Å²) in [4.78, 5) is 37.0. The van der Waals surface area contributed by atoms with E-state index in [1.165, 1.54) is 0 Å². The number of amides is 1. The van der Waals surface area contributed by atoms with Crippen LogP contribution in [0.1, 0.15) is 28.1 Å². The number of carboxylic acids is 1. The van der Waals surface area contributed by atoms with Gasteiger partial charge in [0.15, 0.2) is 0 Å². The highest BCUT2D eigenvalue weighted by Gasteiger charge is 2.52. The molecule has 39 heavy (non-hydrogen) atoms. The maximum absolute atomic E-state index is 13.6. The number of halogens is 1. The van der Waals surface area contributed by atoms with Crippen molar-refractivity contribution in [3.05, 3.63) is 118 Å². The molecule has 4 aromatic rings. The van der Waals surface area contributed by atoms with E-state index >= 15 is 0 Å². The molecule has 0 saturated carbocycles. The van der Waals surface area contributed by atoms with Crippen molar-refractivity contribution in [3.8, 4) is 6.01 Å². The van der Waals surface area contributed by atoms with Gasteiger partial charge < -0.3 is 14.7 Å². The molecule has 3 aromatic carbocycles. The molecule has 1 aliphatic heterocycles. The van der Waals surface area contributed by atoms with Gasteiger partial charge in [0.1, 0.15) is 5.54 Å². The van der Waals surface area contributed by atoms with Crippen molar-refractivity contribution in [2.45, 2.75) is 32.0 Å².